The quantitative estimate of drug-likeness (QED) is 0.270. The third-order valence-corrected chi connectivity index (χ3v) is 3.42. The monoisotopic (exact) mass is 405 g/mol. The lowest BCUT2D eigenvalue weighted by molar-refractivity contribution is -0.141. The number of nitrogens with zero attached hydrogens (tertiary/aromatic N) is 3. The second kappa shape index (κ2) is 8.83. The van der Waals surface area contributed by atoms with Gasteiger partial charge >= 0.3 is 6.18 Å². The van der Waals surface area contributed by atoms with Crippen LogP contribution in [0.25, 0.3) is 0 Å². The molecule has 2 rings (SSSR count). The van der Waals surface area contributed by atoms with Gasteiger partial charge in [0.25, 0.3) is 0 Å². The van der Waals surface area contributed by atoms with Crippen LogP contribution in [0.15, 0.2) is 34.7 Å². The van der Waals surface area contributed by atoms with Gasteiger partial charge in [0, 0.05) is 17.8 Å². The van der Waals surface area contributed by atoms with E-state index in [-0.39, 0.29) is 24.1 Å². The van der Waals surface area contributed by atoms with Gasteiger partial charge in [-0.3, -0.25) is 10.9 Å². The van der Waals surface area contributed by atoms with E-state index >= 15 is 0 Å². The highest BCUT2D eigenvalue weighted by Crippen LogP contribution is 2.29. The summed E-state index contributed by atoms with van der Waals surface area (Å²) in [5.41, 5.74) is 4.72. The summed E-state index contributed by atoms with van der Waals surface area (Å²) in [6, 6.07) is 6.06. The summed E-state index contributed by atoms with van der Waals surface area (Å²) in [7, 11) is -2.34. The predicted molar refractivity (Wildman–Crippen MR) is 93.7 cm³/mol. The number of hydrogen-bond donors (Lipinski definition) is 5. The molecule has 13 heteroatoms. The van der Waals surface area contributed by atoms with E-state index < -0.39 is 28.8 Å². The molecule has 0 aliphatic carbocycles. The van der Waals surface area contributed by atoms with Gasteiger partial charge in [0.1, 0.15) is 0 Å². The highest BCUT2D eigenvalue weighted by atomic mass is 32.2. The third-order valence-electron chi connectivity index (χ3n) is 3.05. The molecule has 0 radical (unpaired) electrons. The second-order valence-electron chi connectivity index (χ2n) is 5.31. The molecular weight excluding hydrogens is 389 g/mol. The number of benzene rings is 1. The van der Waals surface area contributed by atoms with Crippen LogP contribution in [0, 0.1) is 0 Å². The Labute approximate surface area is 154 Å². The molecule has 1 aromatic carbocycles. The van der Waals surface area contributed by atoms with Crippen molar-refractivity contribution >= 4 is 34.0 Å². The normalized spacial score (nSPS) is 13.9. The van der Waals surface area contributed by atoms with E-state index in [4.69, 9.17) is 9.66 Å². The number of alkyl halides is 3. The number of aliphatic hydroxyl groups is 1. The van der Waals surface area contributed by atoms with Crippen LogP contribution in [0.5, 0.6) is 0 Å². The Kier molecular flexibility index (Phi) is 6.76. The van der Waals surface area contributed by atoms with E-state index in [1.165, 1.54) is 24.3 Å². The minimum absolute atomic E-state index is 0.157. The van der Waals surface area contributed by atoms with Gasteiger partial charge in [0.2, 0.25) is 5.95 Å². The average molecular weight is 405 g/mol. The molecule has 1 aromatic heterocycles. The van der Waals surface area contributed by atoms with Crippen LogP contribution in [0.2, 0.25) is 0 Å². The summed E-state index contributed by atoms with van der Waals surface area (Å²) in [6.45, 7) is 1.25. The van der Waals surface area contributed by atoms with Gasteiger partial charge in [-0.1, -0.05) is 10.9 Å². The van der Waals surface area contributed by atoms with Crippen molar-refractivity contribution in [3.8, 4) is 0 Å². The Morgan fingerprint density at radius 3 is 2.44 bits per heavy atom. The fourth-order valence-corrected chi connectivity index (χ4v) is 2.12. The maximum atomic E-state index is 13.0. The zero-order chi connectivity index (χ0) is 20.0. The molecule has 0 bridgehead atoms. The largest absolute Gasteiger partial charge is 0.454 e. The number of anilines is 3. The predicted octanol–water partition coefficient (Wildman–Crippen LogP) is 2.98. The van der Waals surface area contributed by atoms with Crippen LogP contribution >= 0.6 is 0 Å². The maximum Gasteiger partial charge on any atom is 0.433 e. The molecule has 0 saturated carbocycles. The van der Waals surface area contributed by atoms with E-state index in [0.29, 0.717) is 5.69 Å². The number of hydrazine groups is 1. The molecule has 27 heavy (non-hydrogen) atoms. The first-order valence-electron chi connectivity index (χ1n) is 7.46. The molecule has 148 valence electrons. The smallest absolute Gasteiger partial charge is 0.433 e. The van der Waals surface area contributed by atoms with Crippen LogP contribution in [-0.2, 0) is 21.3 Å². The topological polar surface area (TPSA) is 132 Å². The van der Waals surface area contributed by atoms with E-state index in [1.807, 2.05) is 0 Å². The van der Waals surface area contributed by atoms with Crippen LogP contribution in [0.3, 0.4) is 0 Å². The molecule has 0 amide bonds. The van der Waals surface area contributed by atoms with Crippen LogP contribution in [-0.4, -0.2) is 32.3 Å². The van der Waals surface area contributed by atoms with Gasteiger partial charge in [-0.15, -0.1) is 0 Å². The molecule has 0 aliphatic heterocycles. The highest BCUT2D eigenvalue weighted by Gasteiger charge is 2.33. The highest BCUT2D eigenvalue weighted by molar-refractivity contribution is 7.68. The van der Waals surface area contributed by atoms with Crippen molar-refractivity contribution in [2.24, 2.45) is 4.36 Å². The molecule has 0 aliphatic rings. The Morgan fingerprint density at radius 2 is 1.89 bits per heavy atom. The van der Waals surface area contributed by atoms with Crippen molar-refractivity contribution in [2.75, 3.05) is 22.8 Å². The van der Waals surface area contributed by atoms with Crippen LogP contribution < -0.4 is 16.2 Å². The van der Waals surface area contributed by atoms with Gasteiger partial charge < -0.3 is 23.5 Å². The molecule has 5 N–H and O–H groups in total. The Morgan fingerprint density at radius 1 is 1.22 bits per heavy atom. The minimum atomic E-state index is -4.68. The standard InChI is InChI=1S/C14H16F3N6O3S/c1-8(7-24)18-13-19-11(14(15,16)17)6-12(20-13)22-21-9-2-4-10(5-3-9)23-27(25)26/h2-6,8,21,24H,7H2,1H3,(H,23,25,26)(H2,18,19,20,22)/q-1/t8-/m0/s1. The summed E-state index contributed by atoms with van der Waals surface area (Å²) in [5.74, 6) is -0.453. The van der Waals surface area contributed by atoms with Gasteiger partial charge in [0.05, 0.1) is 12.3 Å². The number of nitrogens with one attached hydrogen (secondary N) is 3. The van der Waals surface area contributed by atoms with Crippen molar-refractivity contribution in [1.29, 1.82) is 0 Å². The molecule has 0 spiro atoms. The van der Waals surface area contributed by atoms with Gasteiger partial charge in [0.15, 0.2) is 11.5 Å². The third kappa shape index (κ3) is 6.54. The van der Waals surface area contributed by atoms with Crippen LogP contribution in [0.1, 0.15) is 12.6 Å². The SMILES string of the molecule is C[C@@H](CO)Nc1nc(NNc2ccc(N=[S-](=O)O)cc2)cc(C(F)(F)F)n1. The van der Waals surface area contributed by atoms with Gasteiger partial charge in [-0.25, -0.2) is 4.98 Å². The summed E-state index contributed by atoms with van der Waals surface area (Å²) in [4.78, 5) is 7.30. The molecule has 9 nitrogen and oxygen atoms in total. The molecule has 0 unspecified atom stereocenters. The second-order valence-corrected chi connectivity index (χ2v) is 5.95. The molecular formula is C14H16F3N6O3S-. The summed E-state index contributed by atoms with van der Waals surface area (Å²) in [5, 5.41) is 11.6. The van der Waals surface area contributed by atoms with Crippen molar-refractivity contribution < 1.29 is 27.0 Å². The first kappa shape index (κ1) is 20.7. The van der Waals surface area contributed by atoms with Crippen molar-refractivity contribution in [3.05, 3.63) is 36.0 Å². The lowest BCUT2D eigenvalue weighted by Gasteiger charge is -2.16. The first-order valence-corrected chi connectivity index (χ1v) is 8.52. The van der Waals surface area contributed by atoms with Crippen molar-refractivity contribution in [3.63, 3.8) is 0 Å². The summed E-state index contributed by atoms with van der Waals surface area (Å²) >= 11 is 0. The zero-order valence-electron chi connectivity index (χ0n) is 13.9. The lowest BCUT2D eigenvalue weighted by Crippen LogP contribution is -2.23. The summed E-state index contributed by atoms with van der Waals surface area (Å²) in [6.07, 6.45) is -4.68. The average Bonchev–Trinajstić information content (AvgIpc) is 2.59. The number of rotatable bonds is 7. The Hall–Kier alpha value is -2.64. The number of hydrogen-bond acceptors (Lipinski definition) is 9. The number of halogens is 3. The fourth-order valence-electron chi connectivity index (χ4n) is 1.82. The summed E-state index contributed by atoms with van der Waals surface area (Å²) < 4.78 is 61.7. The van der Waals surface area contributed by atoms with Gasteiger partial charge in [-0.2, -0.15) is 18.2 Å². The van der Waals surface area contributed by atoms with Gasteiger partial charge in [-0.05, 0) is 31.2 Å². The lowest BCUT2D eigenvalue weighted by atomic mass is 10.3. The first-order chi connectivity index (χ1) is 12.7. The minimum Gasteiger partial charge on any atom is -0.454 e. The fraction of sp³-hybridized carbons (Fsp3) is 0.286. The van der Waals surface area contributed by atoms with E-state index in [9.17, 15) is 17.4 Å². The molecule has 0 saturated heterocycles. The number of aliphatic hydroxyl groups excluding tert-OH is 1. The molecule has 2 aromatic rings. The zero-order valence-corrected chi connectivity index (χ0v) is 14.7. The molecule has 0 fully saturated rings. The molecule has 1 atom stereocenters. The van der Waals surface area contributed by atoms with E-state index in [0.717, 1.165) is 6.07 Å². The Bertz CT molecular complexity index is 856. The number of aromatic nitrogens is 2. The van der Waals surface area contributed by atoms with Crippen molar-refractivity contribution in [1.82, 2.24) is 9.97 Å². The van der Waals surface area contributed by atoms with E-state index in [1.54, 1.807) is 6.92 Å². The van der Waals surface area contributed by atoms with Crippen molar-refractivity contribution in [2.45, 2.75) is 19.1 Å². The Balaban J connectivity index is 2.18. The van der Waals surface area contributed by atoms with E-state index in [2.05, 4.69) is 30.5 Å². The maximum absolute atomic E-state index is 13.0. The van der Waals surface area contributed by atoms with Crippen LogP contribution in [0.4, 0.5) is 36.3 Å². The molecule has 1 heterocycles.